The summed E-state index contributed by atoms with van der Waals surface area (Å²) in [4.78, 5) is 10.5. The van der Waals surface area contributed by atoms with Crippen molar-refractivity contribution in [1.82, 2.24) is 0 Å². The number of benzene rings is 3. The van der Waals surface area contributed by atoms with Crippen LogP contribution in [0.5, 0.6) is 5.75 Å². The van der Waals surface area contributed by atoms with Crippen molar-refractivity contribution >= 4 is 27.5 Å². The van der Waals surface area contributed by atoms with E-state index in [0.29, 0.717) is 6.42 Å². The van der Waals surface area contributed by atoms with Gasteiger partial charge in [-0.3, -0.25) is 4.79 Å². The molecular weight excluding hydrogens is 408 g/mol. The second-order valence-corrected chi connectivity index (χ2v) is 9.27. The van der Waals surface area contributed by atoms with E-state index in [1.54, 1.807) is 0 Å². The quantitative estimate of drug-likeness (QED) is 0.166. The van der Waals surface area contributed by atoms with Gasteiger partial charge >= 0.3 is 5.97 Å². The molecule has 33 heavy (non-hydrogen) atoms. The maximum Gasteiger partial charge on any atom is 0.303 e. The molecule has 0 aliphatic carbocycles. The summed E-state index contributed by atoms with van der Waals surface area (Å²) in [6, 6.07) is 19.3. The van der Waals surface area contributed by atoms with Crippen molar-refractivity contribution in [1.29, 1.82) is 0 Å². The lowest BCUT2D eigenvalue weighted by atomic mass is 10.0. The number of hydrogen-bond acceptors (Lipinski definition) is 2. The largest absolute Gasteiger partial charge is 0.493 e. The monoisotopic (exact) mass is 448 g/mol. The standard InChI is InChI=1S/C30H40O3/c31-30(32)21-12-10-8-6-4-2-1-3-5-7-9-11-15-22-33-29-20-16-19-27-23-25-17-13-14-18-26(25)24-28(27)29/h13-14,16-20,23-24H,1-12,15,21-22H2,(H,31,32). The lowest BCUT2D eigenvalue weighted by Gasteiger charge is -2.10. The topological polar surface area (TPSA) is 46.5 Å². The maximum atomic E-state index is 10.5. The fourth-order valence-electron chi connectivity index (χ4n) is 4.57. The van der Waals surface area contributed by atoms with Gasteiger partial charge in [0.2, 0.25) is 0 Å². The van der Waals surface area contributed by atoms with Gasteiger partial charge in [-0.15, -0.1) is 0 Å². The molecule has 3 aromatic rings. The van der Waals surface area contributed by atoms with E-state index in [4.69, 9.17) is 9.84 Å². The molecule has 1 N–H and O–H groups in total. The third-order valence-electron chi connectivity index (χ3n) is 6.50. The highest BCUT2D eigenvalue weighted by atomic mass is 16.5. The van der Waals surface area contributed by atoms with Gasteiger partial charge in [0.1, 0.15) is 5.75 Å². The Labute approximate surface area is 199 Å². The first-order valence-electron chi connectivity index (χ1n) is 13.0. The first-order valence-corrected chi connectivity index (χ1v) is 13.0. The van der Waals surface area contributed by atoms with Crippen LogP contribution in [0.25, 0.3) is 21.5 Å². The van der Waals surface area contributed by atoms with Crippen LogP contribution in [0.1, 0.15) is 89.9 Å². The molecule has 0 atom stereocenters. The van der Waals surface area contributed by atoms with E-state index < -0.39 is 5.97 Å². The zero-order chi connectivity index (χ0) is 23.1. The SMILES string of the molecule is O=C(O)CCCCCCCCCCCCCCCOc1cccc2cc3ccccc3cc12. The van der Waals surface area contributed by atoms with Crippen LogP contribution in [0, 0.1) is 0 Å². The zero-order valence-electron chi connectivity index (χ0n) is 20.1. The second kappa shape index (κ2) is 14.6. The molecule has 0 saturated heterocycles. The number of unbranched alkanes of at least 4 members (excludes halogenated alkanes) is 12. The van der Waals surface area contributed by atoms with Gasteiger partial charge in [-0.2, -0.15) is 0 Å². The summed E-state index contributed by atoms with van der Waals surface area (Å²) < 4.78 is 6.16. The molecule has 0 aromatic heterocycles. The molecule has 3 heteroatoms. The summed E-state index contributed by atoms with van der Waals surface area (Å²) in [7, 11) is 0. The number of carbonyl (C=O) groups is 1. The Morgan fingerprint density at radius 1 is 0.606 bits per heavy atom. The molecule has 3 nitrogen and oxygen atoms in total. The van der Waals surface area contributed by atoms with E-state index in [1.807, 2.05) is 0 Å². The van der Waals surface area contributed by atoms with Gasteiger partial charge in [0, 0.05) is 11.8 Å². The molecule has 0 spiro atoms. The summed E-state index contributed by atoms with van der Waals surface area (Å²) >= 11 is 0. The Bertz CT molecular complexity index is 979. The van der Waals surface area contributed by atoms with Crippen LogP contribution in [0.15, 0.2) is 54.6 Å². The molecule has 3 rings (SSSR count). The van der Waals surface area contributed by atoms with Crippen LogP contribution >= 0.6 is 0 Å². The van der Waals surface area contributed by atoms with Crippen molar-refractivity contribution in [3.63, 3.8) is 0 Å². The minimum absolute atomic E-state index is 0.326. The first kappa shape index (κ1) is 25.1. The van der Waals surface area contributed by atoms with Crippen LogP contribution in [-0.4, -0.2) is 17.7 Å². The number of ether oxygens (including phenoxy) is 1. The molecule has 0 bridgehead atoms. The molecule has 0 fully saturated rings. The third kappa shape index (κ3) is 9.07. The molecule has 0 aliphatic heterocycles. The van der Waals surface area contributed by atoms with Crippen molar-refractivity contribution in [2.75, 3.05) is 6.61 Å². The molecule has 3 aromatic carbocycles. The molecule has 0 amide bonds. The molecule has 178 valence electrons. The summed E-state index contributed by atoms with van der Waals surface area (Å²) in [5, 5.41) is 13.6. The number of carboxylic acids is 1. The average Bonchev–Trinajstić information content (AvgIpc) is 2.82. The van der Waals surface area contributed by atoms with Crippen LogP contribution in [-0.2, 0) is 4.79 Å². The fraction of sp³-hybridized carbons (Fsp3) is 0.500. The number of rotatable bonds is 17. The van der Waals surface area contributed by atoms with Gasteiger partial charge in [-0.1, -0.05) is 107 Å². The smallest absolute Gasteiger partial charge is 0.303 e. The van der Waals surface area contributed by atoms with Gasteiger partial charge in [0.25, 0.3) is 0 Å². The highest BCUT2D eigenvalue weighted by Gasteiger charge is 2.04. The lowest BCUT2D eigenvalue weighted by Crippen LogP contribution is -1.98. The number of carboxylic acid groups (broad SMARTS) is 1. The minimum Gasteiger partial charge on any atom is -0.493 e. The van der Waals surface area contributed by atoms with Gasteiger partial charge in [0.15, 0.2) is 0 Å². The predicted molar refractivity (Wildman–Crippen MR) is 139 cm³/mol. The van der Waals surface area contributed by atoms with Crippen molar-refractivity contribution in [2.45, 2.75) is 89.9 Å². The zero-order valence-corrected chi connectivity index (χ0v) is 20.1. The van der Waals surface area contributed by atoms with Crippen molar-refractivity contribution < 1.29 is 14.6 Å². The highest BCUT2D eigenvalue weighted by molar-refractivity contribution is 6.00. The summed E-state index contributed by atoms with van der Waals surface area (Å²) in [6.45, 7) is 0.790. The van der Waals surface area contributed by atoms with Crippen molar-refractivity contribution in [3.8, 4) is 5.75 Å². The third-order valence-corrected chi connectivity index (χ3v) is 6.50. The average molecular weight is 449 g/mol. The van der Waals surface area contributed by atoms with Gasteiger partial charge in [-0.25, -0.2) is 0 Å². The Morgan fingerprint density at radius 2 is 1.12 bits per heavy atom. The number of fused-ring (bicyclic) bond motifs is 2. The molecular formula is C30H40O3. The molecule has 0 heterocycles. The van der Waals surface area contributed by atoms with Crippen LogP contribution in [0.2, 0.25) is 0 Å². The molecule has 0 saturated carbocycles. The maximum absolute atomic E-state index is 10.5. The Balaban J connectivity index is 1.20. The van der Waals surface area contributed by atoms with E-state index in [2.05, 4.69) is 54.6 Å². The number of hydrogen-bond donors (Lipinski definition) is 1. The molecule has 0 unspecified atom stereocenters. The van der Waals surface area contributed by atoms with Gasteiger partial charge < -0.3 is 9.84 Å². The van der Waals surface area contributed by atoms with Crippen molar-refractivity contribution in [3.05, 3.63) is 54.6 Å². The minimum atomic E-state index is -0.666. The van der Waals surface area contributed by atoms with E-state index in [0.717, 1.165) is 31.6 Å². The van der Waals surface area contributed by atoms with Gasteiger partial charge in [0.05, 0.1) is 6.61 Å². The Hall–Kier alpha value is -2.55. The van der Waals surface area contributed by atoms with Gasteiger partial charge in [-0.05, 0) is 47.2 Å². The Morgan fingerprint density at radius 3 is 1.73 bits per heavy atom. The van der Waals surface area contributed by atoms with Crippen LogP contribution < -0.4 is 4.74 Å². The van der Waals surface area contributed by atoms with E-state index in [1.165, 1.54) is 85.8 Å². The normalized spacial score (nSPS) is 11.3. The summed E-state index contributed by atoms with van der Waals surface area (Å²) in [5.41, 5.74) is 0. The van der Waals surface area contributed by atoms with Crippen molar-refractivity contribution in [2.24, 2.45) is 0 Å². The van der Waals surface area contributed by atoms with E-state index in [9.17, 15) is 4.79 Å². The second-order valence-electron chi connectivity index (χ2n) is 9.27. The van der Waals surface area contributed by atoms with Crippen LogP contribution in [0.3, 0.4) is 0 Å². The Kier molecular flexibility index (Phi) is 11.1. The highest BCUT2D eigenvalue weighted by Crippen LogP contribution is 2.30. The summed E-state index contributed by atoms with van der Waals surface area (Å²) in [5.74, 6) is 0.335. The molecule has 0 aliphatic rings. The first-order chi connectivity index (χ1) is 16.2. The lowest BCUT2D eigenvalue weighted by molar-refractivity contribution is -0.137. The predicted octanol–water partition coefficient (Wildman–Crippen LogP) is 8.92. The fourth-order valence-corrected chi connectivity index (χ4v) is 4.57. The van der Waals surface area contributed by atoms with E-state index >= 15 is 0 Å². The molecule has 0 radical (unpaired) electrons. The number of aliphatic carboxylic acids is 1. The van der Waals surface area contributed by atoms with Crippen LogP contribution in [0.4, 0.5) is 0 Å². The summed E-state index contributed by atoms with van der Waals surface area (Å²) in [6.07, 6.45) is 16.3. The van der Waals surface area contributed by atoms with E-state index in [-0.39, 0.29) is 0 Å².